The van der Waals surface area contributed by atoms with Crippen LogP contribution in [0.5, 0.6) is 5.88 Å². The summed E-state index contributed by atoms with van der Waals surface area (Å²) in [6.07, 6.45) is 2.99. The molecule has 0 aromatic carbocycles. The first kappa shape index (κ1) is 10.9. The summed E-state index contributed by atoms with van der Waals surface area (Å²) in [5.41, 5.74) is 5.30. The number of hydrogen-bond donors (Lipinski definition) is 3. The summed E-state index contributed by atoms with van der Waals surface area (Å²) in [4.78, 5) is 19.4. The SMILES string of the molecule is COc1ccnc(NNC(=O)c2ccn[nH]2)n1. The molecule has 8 heteroatoms. The van der Waals surface area contributed by atoms with E-state index in [1.54, 1.807) is 12.1 Å². The van der Waals surface area contributed by atoms with Gasteiger partial charge in [0.25, 0.3) is 5.91 Å². The minimum Gasteiger partial charge on any atom is -0.481 e. The fourth-order valence-electron chi connectivity index (χ4n) is 1.08. The first-order chi connectivity index (χ1) is 8.29. The maximum Gasteiger partial charge on any atom is 0.287 e. The third kappa shape index (κ3) is 2.68. The molecule has 1 amide bonds. The van der Waals surface area contributed by atoms with Crippen LogP contribution in [0.4, 0.5) is 5.95 Å². The second-order valence-electron chi connectivity index (χ2n) is 2.97. The van der Waals surface area contributed by atoms with E-state index in [2.05, 4.69) is 31.0 Å². The number of rotatable bonds is 4. The summed E-state index contributed by atoms with van der Waals surface area (Å²) in [5.74, 6) is 0.268. The smallest absolute Gasteiger partial charge is 0.287 e. The van der Waals surface area contributed by atoms with Crippen molar-refractivity contribution in [3.63, 3.8) is 0 Å². The van der Waals surface area contributed by atoms with Crippen LogP contribution in [0.15, 0.2) is 24.5 Å². The maximum atomic E-state index is 11.5. The Morgan fingerprint density at radius 1 is 1.41 bits per heavy atom. The van der Waals surface area contributed by atoms with E-state index in [9.17, 15) is 4.79 Å². The quantitative estimate of drug-likeness (QED) is 0.641. The number of aromatic amines is 1. The van der Waals surface area contributed by atoms with Gasteiger partial charge in [0.1, 0.15) is 5.69 Å². The molecule has 17 heavy (non-hydrogen) atoms. The number of anilines is 1. The Bertz CT molecular complexity index is 498. The zero-order chi connectivity index (χ0) is 12.1. The Morgan fingerprint density at radius 2 is 2.29 bits per heavy atom. The highest BCUT2D eigenvalue weighted by Gasteiger charge is 2.06. The van der Waals surface area contributed by atoms with Crippen molar-refractivity contribution in [2.45, 2.75) is 0 Å². The Kier molecular flexibility index (Phi) is 3.15. The zero-order valence-electron chi connectivity index (χ0n) is 8.97. The van der Waals surface area contributed by atoms with Gasteiger partial charge < -0.3 is 4.74 Å². The van der Waals surface area contributed by atoms with Crippen LogP contribution in [0.2, 0.25) is 0 Å². The van der Waals surface area contributed by atoms with E-state index in [4.69, 9.17) is 4.74 Å². The molecular weight excluding hydrogens is 224 g/mol. The summed E-state index contributed by atoms with van der Waals surface area (Å²) in [7, 11) is 1.50. The van der Waals surface area contributed by atoms with Crippen LogP contribution in [-0.2, 0) is 0 Å². The molecule has 0 bridgehead atoms. The van der Waals surface area contributed by atoms with Crippen molar-refractivity contribution in [1.29, 1.82) is 0 Å². The number of amides is 1. The predicted octanol–water partition coefficient (Wildman–Crippen LogP) is -0.0348. The number of ether oxygens (including phenoxy) is 1. The van der Waals surface area contributed by atoms with Crippen LogP contribution >= 0.6 is 0 Å². The molecule has 0 aliphatic heterocycles. The fraction of sp³-hybridized carbons (Fsp3) is 0.111. The lowest BCUT2D eigenvalue weighted by atomic mass is 10.4. The van der Waals surface area contributed by atoms with Crippen molar-refractivity contribution in [2.75, 3.05) is 12.5 Å². The summed E-state index contributed by atoms with van der Waals surface area (Å²) in [5, 5.41) is 6.19. The summed E-state index contributed by atoms with van der Waals surface area (Å²) >= 11 is 0. The molecular formula is C9H10N6O2. The highest BCUT2D eigenvalue weighted by atomic mass is 16.5. The van der Waals surface area contributed by atoms with E-state index < -0.39 is 0 Å². The van der Waals surface area contributed by atoms with Gasteiger partial charge in [-0.2, -0.15) is 10.1 Å². The van der Waals surface area contributed by atoms with Gasteiger partial charge in [-0.1, -0.05) is 0 Å². The number of nitrogens with one attached hydrogen (secondary N) is 3. The normalized spacial score (nSPS) is 9.71. The average molecular weight is 234 g/mol. The largest absolute Gasteiger partial charge is 0.481 e. The number of nitrogens with zero attached hydrogens (tertiary/aromatic N) is 3. The van der Waals surface area contributed by atoms with E-state index in [0.29, 0.717) is 11.6 Å². The minimum atomic E-state index is -0.367. The topological polar surface area (TPSA) is 105 Å². The third-order valence-corrected chi connectivity index (χ3v) is 1.87. The Balaban J connectivity index is 1.95. The number of H-pyrrole nitrogens is 1. The van der Waals surface area contributed by atoms with Gasteiger partial charge >= 0.3 is 0 Å². The van der Waals surface area contributed by atoms with Crippen molar-refractivity contribution < 1.29 is 9.53 Å². The maximum absolute atomic E-state index is 11.5. The number of aromatic nitrogens is 4. The Hall–Kier alpha value is -2.64. The molecule has 8 nitrogen and oxygen atoms in total. The van der Waals surface area contributed by atoms with Gasteiger partial charge in [0.15, 0.2) is 0 Å². The molecule has 0 aliphatic rings. The number of hydrazine groups is 1. The molecule has 2 rings (SSSR count). The lowest BCUT2D eigenvalue weighted by Gasteiger charge is -2.06. The number of carbonyl (C=O) groups excluding carboxylic acids is 1. The summed E-state index contributed by atoms with van der Waals surface area (Å²) in [6, 6.07) is 3.14. The standard InChI is InChI=1S/C9H10N6O2/c1-17-7-3-4-10-9(12-7)15-14-8(16)6-2-5-11-13-6/h2-5H,1H3,(H,11,13)(H,14,16)(H,10,12,15). The molecule has 2 aromatic rings. The van der Waals surface area contributed by atoms with Crippen molar-refractivity contribution in [1.82, 2.24) is 25.6 Å². The molecule has 0 saturated carbocycles. The van der Waals surface area contributed by atoms with E-state index in [-0.39, 0.29) is 11.9 Å². The molecule has 0 spiro atoms. The van der Waals surface area contributed by atoms with Crippen molar-refractivity contribution in [2.24, 2.45) is 0 Å². The monoisotopic (exact) mass is 234 g/mol. The van der Waals surface area contributed by atoms with Crippen LogP contribution in [-0.4, -0.2) is 33.2 Å². The van der Waals surface area contributed by atoms with Crippen molar-refractivity contribution >= 4 is 11.9 Å². The molecule has 88 valence electrons. The van der Waals surface area contributed by atoms with Crippen molar-refractivity contribution in [3.05, 3.63) is 30.2 Å². The molecule has 0 unspecified atom stereocenters. The van der Waals surface area contributed by atoms with Crippen LogP contribution in [0.25, 0.3) is 0 Å². The average Bonchev–Trinajstić information content (AvgIpc) is 2.90. The predicted molar refractivity (Wildman–Crippen MR) is 58.3 cm³/mol. The molecule has 0 fully saturated rings. The van der Waals surface area contributed by atoms with Gasteiger partial charge in [0, 0.05) is 18.5 Å². The van der Waals surface area contributed by atoms with Gasteiger partial charge in [-0.05, 0) is 6.07 Å². The third-order valence-electron chi connectivity index (χ3n) is 1.87. The van der Waals surface area contributed by atoms with Crippen LogP contribution in [0.1, 0.15) is 10.5 Å². The number of hydrogen-bond acceptors (Lipinski definition) is 6. The first-order valence-corrected chi connectivity index (χ1v) is 4.72. The summed E-state index contributed by atoms with van der Waals surface area (Å²) in [6.45, 7) is 0. The fourth-order valence-corrected chi connectivity index (χ4v) is 1.08. The first-order valence-electron chi connectivity index (χ1n) is 4.72. The van der Waals surface area contributed by atoms with Gasteiger partial charge in [0.2, 0.25) is 11.8 Å². The van der Waals surface area contributed by atoms with Crippen LogP contribution < -0.4 is 15.6 Å². The lowest BCUT2D eigenvalue weighted by molar-refractivity contribution is 0.0957. The molecule has 3 N–H and O–H groups in total. The molecule has 2 heterocycles. The van der Waals surface area contributed by atoms with Crippen molar-refractivity contribution in [3.8, 4) is 5.88 Å². The lowest BCUT2D eigenvalue weighted by Crippen LogP contribution is -2.30. The summed E-state index contributed by atoms with van der Waals surface area (Å²) < 4.78 is 4.91. The van der Waals surface area contributed by atoms with E-state index in [0.717, 1.165) is 0 Å². The van der Waals surface area contributed by atoms with Gasteiger partial charge in [-0.3, -0.25) is 20.7 Å². The Labute approximate surface area is 96.4 Å². The second-order valence-corrected chi connectivity index (χ2v) is 2.97. The van der Waals surface area contributed by atoms with Gasteiger partial charge in [-0.25, -0.2) is 4.98 Å². The second kappa shape index (κ2) is 4.92. The number of carbonyl (C=O) groups is 1. The van der Waals surface area contributed by atoms with Crippen LogP contribution in [0.3, 0.4) is 0 Å². The highest BCUT2D eigenvalue weighted by molar-refractivity contribution is 5.92. The van der Waals surface area contributed by atoms with Gasteiger partial charge in [0.05, 0.1) is 7.11 Å². The molecule has 0 radical (unpaired) electrons. The van der Waals surface area contributed by atoms with E-state index in [1.165, 1.54) is 19.5 Å². The zero-order valence-corrected chi connectivity index (χ0v) is 8.97. The molecule has 0 saturated heterocycles. The minimum absolute atomic E-state index is 0.234. The van der Waals surface area contributed by atoms with Crippen LogP contribution in [0, 0.1) is 0 Å². The van der Waals surface area contributed by atoms with Gasteiger partial charge in [-0.15, -0.1) is 0 Å². The van der Waals surface area contributed by atoms with E-state index >= 15 is 0 Å². The highest BCUT2D eigenvalue weighted by Crippen LogP contribution is 2.06. The molecule has 2 aromatic heterocycles. The Morgan fingerprint density at radius 3 is 3.00 bits per heavy atom. The van der Waals surface area contributed by atoms with E-state index in [1.807, 2.05) is 0 Å². The number of methoxy groups -OCH3 is 1. The molecule has 0 atom stereocenters. The molecule has 0 aliphatic carbocycles.